The van der Waals surface area contributed by atoms with Crippen LogP contribution in [-0.4, -0.2) is 9.97 Å². The molecule has 0 spiro atoms. The molecule has 0 aromatic carbocycles. The molecule has 0 fully saturated rings. The molecule has 1 N–H and O–H groups in total. The van der Waals surface area contributed by atoms with Gasteiger partial charge in [-0.05, 0) is 20.8 Å². The molecule has 80 valence electrons. The molecule has 1 unspecified atom stereocenters. The lowest BCUT2D eigenvalue weighted by atomic mass is 10.2. The Labute approximate surface area is 97.2 Å². The molecule has 1 atom stereocenters. The fourth-order valence-corrected chi connectivity index (χ4v) is 3.04. The Hall–Kier alpha value is -0.940. The van der Waals surface area contributed by atoms with E-state index < -0.39 is 0 Å². The molecule has 5 heteroatoms. The normalized spacial score (nSPS) is 12.7. The number of nitrogens with one attached hydrogen (secondary N) is 1. The first kappa shape index (κ1) is 10.6. The van der Waals surface area contributed by atoms with Crippen LogP contribution in [0.15, 0.2) is 11.6 Å². The molecule has 0 radical (unpaired) electrons. The zero-order valence-electron chi connectivity index (χ0n) is 8.94. The van der Waals surface area contributed by atoms with Gasteiger partial charge in [-0.15, -0.1) is 22.7 Å². The van der Waals surface area contributed by atoms with Crippen LogP contribution in [0.5, 0.6) is 0 Å². The molecular weight excluding hydrogens is 226 g/mol. The maximum atomic E-state index is 4.42. The fraction of sp³-hybridized carbons (Fsp3) is 0.400. The maximum absolute atomic E-state index is 4.42. The Bertz CT molecular complexity index is 433. The summed E-state index contributed by atoms with van der Waals surface area (Å²) in [5.41, 5.74) is 1.12. The van der Waals surface area contributed by atoms with Crippen LogP contribution < -0.4 is 5.32 Å². The van der Waals surface area contributed by atoms with E-state index >= 15 is 0 Å². The number of rotatable bonds is 3. The van der Waals surface area contributed by atoms with Crippen LogP contribution in [-0.2, 0) is 0 Å². The van der Waals surface area contributed by atoms with Crippen molar-refractivity contribution < 1.29 is 0 Å². The smallest absolute Gasteiger partial charge is 0.183 e. The van der Waals surface area contributed by atoms with Gasteiger partial charge in [-0.3, -0.25) is 0 Å². The number of nitrogens with zero attached hydrogens (tertiary/aromatic N) is 2. The van der Waals surface area contributed by atoms with Crippen molar-refractivity contribution >= 4 is 27.8 Å². The van der Waals surface area contributed by atoms with E-state index in [9.17, 15) is 0 Å². The number of anilines is 1. The molecule has 0 saturated carbocycles. The number of aromatic nitrogens is 2. The van der Waals surface area contributed by atoms with E-state index in [2.05, 4.69) is 29.1 Å². The van der Waals surface area contributed by atoms with Crippen molar-refractivity contribution in [2.45, 2.75) is 26.8 Å². The van der Waals surface area contributed by atoms with Gasteiger partial charge in [0.15, 0.2) is 5.13 Å². The second kappa shape index (κ2) is 4.28. The lowest BCUT2D eigenvalue weighted by molar-refractivity contribution is 0.887. The van der Waals surface area contributed by atoms with Crippen LogP contribution in [0.3, 0.4) is 0 Å². The molecule has 0 aliphatic heterocycles. The van der Waals surface area contributed by atoms with E-state index in [4.69, 9.17) is 0 Å². The minimum Gasteiger partial charge on any atom is -0.354 e. The molecule has 2 heterocycles. The summed E-state index contributed by atoms with van der Waals surface area (Å²) in [6.45, 7) is 6.23. The molecule has 3 nitrogen and oxygen atoms in total. The van der Waals surface area contributed by atoms with Crippen LogP contribution in [0.1, 0.15) is 28.5 Å². The SMILES string of the molecule is Cc1nc(C)c(C(C)Nc2nccs2)s1. The van der Waals surface area contributed by atoms with Crippen molar-refractivity contribution in [1.29, 1.82) is 0 Å². The minimum atomic E-state index is 0.280. The predicted molar refractivity (Wildman–Crippen MR) is 65.7 cm³/mol. The Kier molecular flexibility index (Phi) is 3.02. The Morgan fingerprint density at radius 3 is 2.73 bits per heavy atom. The van der Waals surface area contributed by atoms with E-state index in [0.717, 1.165) is 15.8 Å². The highest BCUT2D eigenvalue weighted by Crippen LogP contribution is 2.27. The summed E-state index contributed by atoms with van der Waals surface area (Å²) in [6.07, 6.45) is 1.81. The van der Waals surface area contributed by atoms with Crippen molar-refractivity contribution in [3.8, 4) is 0 Å². The first-order chi connectivity index (χ1) is 7.16. The van der Waals surface area contributed by atoms with Crippen molar-refractivity contribution in [2.75, 3.05) is 5.32 Å². The van der Waals surface area contributed by atoms with Crippen LogP contribution in [0, 0.1) is 13.8 Å². The van der Waals surface area contributed by atoms with E-state index in [1.165, 1.54) is 4.88 Å². The minimum absolute atomic E-state index is 0.280. The van der Waals surface area contributed by atoms with Gasteiger partial charge in [0.1, 0.15) is 0 Å². The van der Waals surface area contributed by atoms with Gasteiger partial charge >= 0.3 is 0 Å². The molecule has 2 aromatic rings. The van der Waals surface area contributed by atoms with Crippen molar-refractivity contribution in [2.24, 2.45) is 0 Å². The average Bonchev–Trinajstić information content (AvgIpc) is 2.75. The highest BCUT2D eigenvalue weighted by Gasteiger charge is 2.13. The van der Waals surface area contributed by atoms with Gasteiger partial charge in [0.25, 0.3) is 0 Å². The summed E-state index contributed by atoms with van der Waals surface area (Å²) in [6, 6.07) is 0.280. The summed E-state index contributed by atoms with van der Waals surface area (Å²) >= 11 is 3.37. The zero-order chi connectivity index (χ0) is 10.8. The summed E-state index contributed by atoms with van der Waals surface area (Å²) in [4.78, 5) is 9.93. The monoisotopic (exact) mass is 239 g/mol. The highest BCUT2D eigenvalue weighted by molar-refractivity contribution is 7.13. The molecular formula is C10H13N3S2. The van der Waals surface area contributed by atoms with E-state index in [0.29, 0.717) is 0 Å². The van der Waals surface area contributed by atoms with Gasteiger partial charge in [-0.2, -0.15) is 0 Å². The lowest BCUT2D eigenvalue weighted by Crippen LogP contribution is -2.05. The lowest BCUT2D eigenvalue weighted by Gasteiger charge is -2.11. The van der Waals surface area contributed by atoms with Crippen LogP contribution >= 0.6 is 22.7 Å². The zero-order valence-corrected chi connectivity index (χ0v) is 10.6. The topological polar surface area (TPSA) is 37.8 Å². The maximum Gasteiger partial charge on any atom is 0.183 e. The van der Waals surface area contributed by atoms with Crippen molar-refractivity contribution in [3.63, 3.8) is 0 Å². The van der Waals surface area contributed by atoms with Crippen LogP contribution in [0.2, 0.25) is 0 Å². The van der Waals surface area contributed by atoms with Gasteiger partial charge < -0.3 is 5.32 Å². The van der Waals surface area contributed by atoms with Crippen LogP contribution in [0.4, 0.5) is 5.13 Å². The molecule has 0 aliphatic carbocycles. The second-order valence-electron chi connectivity index (χ2n) is 3.39. The van der Waals surface area contributed by atoms with E-state index in [-0.39, 0.29) is 6.04 Å². The van der Waals surface area contributed by atoms with Crippen molar-refractivity contribution in [1.82, 2.24) is 9.97 Å². The van der Waals surface area contributed by atoms with E-state index in [1.54, 1.807) is 22.7 Å². The number of thiazole rings is 2. The molecule has 15 heavy (non-hydrogen) atoms. The average molecular weight is 239 g/mol. The Morgan fingerprint density at radius 2 is 2.20 bits per heavy atom. The molecule has 0 aliphatic rings. The molecule has 0 saturated heterocycles. The highest BCUT2D eigenvalue weighted by atomic mass is 32.1. The summed E-state index contributed by atoms with van der Waals surface area (Å²) in [7, 11) is 0. The number of hydrogen-bond acceptors (Lipinski definition) is 5. The number of aryl methyl sites for hydroxylation is 2. The first-order valence-electron chi connectivity index (χ1n) is 4.77. The molecule has 0 amide bonds. The van der Waals surface area contributed by atoms with Gasteiger partial charge in [-0.25, -0.2) is 9.97 Å². The van der Waals surface area contributed by atoms with Gasteiger partial charge in [0, 0.05) is 16.5 Å². The largest absolute Gasteiger partial charge is 0.354 e. The molecule has 2 rings (SSSR count). The van der Waals surface area contributed by atoms with Crippen LogP contribution in [0.25, 0.3) is 0 Å². The number of hydrogen-bond donors (Lipinski definition) is 1. The predicted octanol–water partition coefficient (Wildman–Crippen LogP) is 3.39. The molecule has 0 bridgehead atoms. The van der Waals surface area contributed by atoms with Gasteiger partial charge in [-0.1, -0.05) is 0 Å². The third-order valence-electron chi connectivity index (χ3n) is 2.10. The first-order valence-corrected chi connectivity index (χ1v) is 6.46. The van der Waals surface area contributed by atoms with Gasteiger partial charge in [0.05, 0.1) is 16.7 Å². The third kappa shape index (κ3) is 2.35. The summed E-state index contributed by atoms with van der Waals surface area (Å²) in [5.74, 6) is 0. The second-order valence-corrected chi connectivity index (χ2v) is 5.52. The standard InChI is InChI=1S/C10H13N3S2/c1-6-9(15-8(3)12-6)7(2)13-10-11-4-5-14-10/h4-5,7H,1-3H3,(H,11,13). The Balaban J connectivity index is 2.14. The van der Waals surface area contributed by atoms with E-state index in [1.807, 2.05) is 18.5 Å². The molecule has 2 aromatic heterocycles. The van der Waals surface area contributed by atoms with Gasteiger partial charge in [0.2, 0.25) is 0 Å². The Morgan fingerprint density at radius 1 is 1.40 bits per heavy atom. The fourth-order valence-electron chi connectivity index (χ4n) is 1.49. The summed E-state index contributed by atoms with van der Waals surface area (Å²) in [5, 5.41) is 7.43. The summed E-state index contributed by atoms with van der Waals surface area (Å²) < 4.78 is 0. The quantitative estimate of drug-likeness (QED) is 0.892. The van der Waals surface area contributed by atoms with Crippen molar-refractivity contribution in [3.05, 3.63) is 27.2 Å². The third-order valence-corrected chi connectivity index (χ3v) is 4.06.